The molecule has 0 atom stereocenters. The Hall–Kier alpha value is -2.07. The fourth-order valence-corrected chi connectivity index (χ4v) is 1.81. The van der Waals surface area contributed by atoms with Crippen LogP contribution in [0.1, 0.15) is 11.3 Å². The summed E-state index contributed by atoms with van der Waals surface area (Å²) in [6.07, 6.45) is 6.24. The van der Waals surface area contributed by atoms with Crippen molar-refractivity contribution in [3.05, 3.63) is 60.7 Å². The maximum atomic E-state index is 5.62. The molecule has 2 aromatic rings. The molecule has 2 rings (SSSR count). The molecule has 100 valence electrons. The van der Waals surface area contributed by atoms with Crippen LogP contribution in [0.3, 0.4) is 0 Å². The first-order chi connectivity index (χ1) is 9.40. The Kier molecular flexibility index (Phi) is 5.19. The monoisotopic (exact) mass is 257 g/mol. The molecule has 0 saturated heterocycles. The highest BCUT2D eigenvalue weighted by atomic mass is 16.5. The van der Waals surface area contributed by atoms with Gasteiger partial charge in [0.25, 0.3) is 0 Å². The van der Waals surface area contributed by atoms with Gasteiger partial charge >= 0.3 is 0 Å². The molecule has 4 nitrogen and oxygen atoms in total. The molecular formula is C15H19N3O. The van der Waals surface area contributed by atoms with Crippen LogP contribution < -0.4 is 10.1 Å². The molecule has 19 heavy (non-hydrogen) atoms. The van der Waals surface area contributed by atoms with Gasteiger partial charge in [0, 0.05) is 37.0 Å². The van der Waals surface area contributed by atoms with Crippen molar-refractivity contribution in [2.45, 2.75) is 13.0 Å². The zero-order chi connectivity index (χ0) is 13.3. The predicted molar refractivity (Wildman–Crippen MR) is 76.1 cm³/mol. The number of aromatic nitrogens is 2. The van der Waals surface area contributed by atoms with E-state index >= 15 is 0 Å². The molecule has 0 aliphatic rings. The van der Waals surface area contributed by atoms with Gasteiger partial charge in [-0.2, -0.15) is 0 Å². The summed E-state index contributed by atoms with van der Waals surface area (Å²) in [4.78, 5) is 7.08. The van der Waals surface area contributed by atoms with E-state index in [4.69, 9.17) is 4.74 Å². The number of hydrogen-bond donors (Lipinski definition) is 2. The van der Waals surface area contributed by atoms with Gasteiger partial charge in [-0.25, -0.2) is 4.98 Å². The van der Waals surface area contributed by atoms with Crippen molar-refractivity contribution >= 4 is 0 Å². The first kappa shape index (κ1) is 13.4. The topological polar surface area (TPSA) is 49.9 Å². The summed E-state index contributed by atoms with van der Waals surface area (Å²) in [7, 11) is 0. The summed E-state index contributed by atoms with van der Waals surface area (Å²) < 4.78 is 5.62. The van der Waals surface area contributed by atoms with Crippen molar-refractivity contribution < 1.29 is 4.74 Å². The minimum atomic E-state index is 0.533. The zero-order valence-electron chi connectivity index (χ0n) is 10.9. The lowest BCUT2D eigenvalue weighted by molar-refractivity contribution is 0.358. The first-order valence-corrected chi connectivity index (χ1v) is 6.39. The van der Waals surface area contributed by atoms with E-state index in [0.717, 1.165) is 36.5 Å². The van der Waals surface area contributed by atoms with Crippen molar-refractivity contribution in [2.75, 3.05) is 13.2 Å². The minimum Gasteiger partial charge on any atom is -0.489 e. The zero-order valence-corrected chi connectivity index (χ0v) is 10.9. The normalized spacial score (nSPS) is 10.3. The van der Waals surface area contributed by atoms with Crippen LogP contribution in [0.2, 0.25) is 0 Å². The molecule has 1 heterocycles. The SMILES string of the molecule is C=CCOc1ccccc1CNCCc1cnc[nH]1. The van der Waals surface area contributed by atoms with Gasteiger partial charge < -0.3 is 15.0 Å². The van der Waals surface area contributed by atoms with E-state index in [0.29, 0.717) is 6.61 Å². The van der Waals surface area contributed by atoms with Crippen LogP contribution in [-0.4, -0.2) is 23.1 Å². The van der Waals surface area contributed by atoms with Crippen LogP contribution >= 0.6 is 0 Å². The van der Waals surface area contributed by atoms with E-state index in [9.17, 15) is 0 Å². The van der Waals surface area contributed by atoms with Crippen LogP contribution in [0.15, 0.2) is 49.4 Å². The Balaban J connectivity index is 1.80. The second kappa shape index (κ2) is 7.38. The van der Waals surface area contributed by atoms with Crippen molar-refractivity contribution in [2.24, 2.45) is 0 Å². The van der Waals surface area contributed by atoms with Crippen LogP contribution in [-0.2, 0) is 13.0 Å². The van der Waals surface area contributed by atoms with Crippen molar-refractivity contribution in [3.63, 3.8) is 0 Å². The molecule has 0 radical (unpaired) electrons. The van der Waals surface area contributed by atoms with Crippen LogP contribution in [0.5, 0.6) is 5.75 Å². The average Bonchev–Trinajstić information content (AvgIpc) is 2.95. The Morgan fingerprint density at radius 1 is 1.37 bits per heavy atom. The van der Waals surface area contributed by atoms with Gasteiger partial charge in [0.2, 0.25) is 0 Å². The standard InChI is InChI=1S/C15H19N3O/c1-2-9-19-15-6-4-3-5-13(15)10-16-8-7-14-11-17-12-18-14/h2-6,11-12,16H,1,7-10H2,(H,17,18). The number of benzene rings is 1. The number of rotatable bonds is 8. The molecule has 0 amide bonds. The Bertz CT molecular complexity index is 494. The largest absolute Gasteiger partial charge is 0.489 e. The Labute approximate surface area is 113 Å². The molecule has 4 heteroatoms. The third kappa shape index (κ3) is 4.26. The summed E-state index contributed by atoms with van der Waals surface area (Å²) in [5, 5.41) is 3.40. The van der Waals surface area contributed by atoms with E-state index in [-0.39, 0.29) is 0 Å². The molecule has 2 N–H and O–H groups in total. The van der Waals surface area contributed by atoms with E-state index in [2.05, 4.69) is 27.9 Å². The third-order valence-electron chi connectivity index (χ3n) is 2.77. The highest BCUT2D eigenvalue weighted by Crippen LogP contribution is 2.17. The average molecular weight is 257 g/mol. The highest BCUT2D eigenvalue weighted by molar-refractivity contribution is 5.33. The molecule has 0 bridgehead atoms. The second-order valence-corrected chi connectivity index (χ2v) is 4.21. The number of aromatic amines is 1. The molecule has 0 saturated carbocycles. The second-order valence-electron chi connectivity index (χ2n) is 4.21. The van der Waals surface area contributed by atoms with Gasteiger partial charge in [-0.05, 0) is 6.07 Å². The van der Waals surface area contributed by atoms with Gasteiger partial charge in [0.1, 0.15) is 12.4 Å². The minimum absolute atomic E-state index is 0.533. The van der Waals surface area contributed by atoms with E-state index in [1.54, 1.807) is 12.4 Å². The molecule has 1 aromatic carbocycles. The van der Waals surface area contributed by atoms with Gasteiger partial charge in [0.05, 0.1) is 6.33 Å². The van der Waals surface area contributed by atoms with E-state index < -0.39 is 0 Å². The number of nitrogens with zero attached hydrogens (tertiary/aromatic N) is 1. The lowest BCUT2D eigenvalue weighted by atomic mass is 10.2. The molecule has 0 spiro atoms. The lowest BCUT2D eigenvalue weighted by Crippen LogP contribution is -2.17. The Morgan fingerprint density at radius 2 is 2.26 bits per heavy atom. The molecule has 1 aromatic heterocycles. The van der Waals surface area contributed by atoms with Crippen molar-refractivity contribution in [3.8, 4) is 5.75 Å². The van der Waals surface area contributed by atoms with Crippen LogP contribution in [0, 0.1) is 0 Å². The van der Waals surface area contributed by atoms with Gasteiger partial charge in [-0.15, -0.1) is 0 Å². The quantitative estimate of drug-likeness (QED) is 0.563. The summed E-state index contributed by atoms with van der Waals surface area (Å²) in [6, 6.07) is 8.05. The molecule has 0 fully saturated rings. The smallest absolute Gasteiger partial charge is 0.124 e. The highest BCUT2D eigenvalue weighted by Gasteiger charge is 2.01. The number of nitrogens with one attached hydrogen (secondary N) is 2. The molecule has 0 unspecified atom stereocenters. The summed E-state index contributed by atoms with van der Waals surface area (Å²) in [6.45, 7) is 5.89. The lowest BCUT2D eigenvalue weighted by Gasteiger charge is -2.10. The maximum Gasteiger partial charge on any atom is 0.124 e. The fraction of sp³-hybridized carbons (Fsp3) is 0.267. The summed E-state index contributed by atoms with van der Waals surface area (Å²) in [5.41, 5.74) is 2.30. The summed E-state index contributed by atoms with van der Waals surface area (Å²) >= 11 is 0. The maximum absolute atomic E-state index is 5.62. The fourth-order valence-electron chi connectivity index (χ4n) is 1.81. The van der Waals surface area contributed by atoms with Crippen LogP contribution in [0.4, 0.5) is 0 Å². The van der Waals surface area contributed by atoms with Gasteiger partial charge in [0.15, 0.2) is 0 Å². The number of hydrogen-bond acceptors (Lipinski definition) is 3. The number of H-pyrrole nitrogens is 1. The van der Waals surface area contributed by atoms with Crippen molar-refractivity contribution in [1.29, 1.82) is 0 Å². The molecular weight excluding hydrogens is 238 g/mol. The number of ether oxygens (including phenoxy) is 1. The number of para-hydroxylation sites is 1. The van der Waals surface area contributed by atoms with E-state index in [1.165, 1.54) is 0 Å². The first-order valence-electron chi connectivity index (χ1n) is 6.39. The van der Waals surface area contributed by atoms with E-state index in [1.807, 2.05) is 24.4 Å². The molecule has 0 aliphatic carbocycles. The van der Waals surface area contributed by atoms with Gasteiger partial charge in [-0.1, -0.05) is 30.9 Å². The Morgan fingerprint density at radius 3 is 3.05 bits per heavy atom. The third-order valence-corrected chi connectivity index (χ3v) is 2.77. The van der Waals surface area contributed by atoms with Gasteiger partial charge in [-0.3, -0.25) is 0 Å². The number of imidazole rings is 1. The van der Waals surface area contributed by atoms with Crippen molar-refractivity contribution in [1.82, 2.24) is 15.3 Å². The molecule has 0 aliphatic heterocycles. The van der Waals surface area contributed by atoms with Crippen LogP contribution in [0.25, 0.3) is 0 Å². The predicted octanol–water partition coefficient (Wildman–Crippen LogP) is 2.31. The summed E-state index contributed by atoms with van der Waals surface area (Å²) in [5.74, 6) is 0.913.